The molecule has 0 spiro atoms. The maximum Gasteiger partial charge on any atom is 0.320 e. The lowest BCUT2D eigenvalue weighted by atomic mass is 9.84. The highest BCUT2D eigenvalue weighted by Gasteiger charge is 2.45. The van der Waals surface area contributed by atoms with Crippen molar-refractivity contribution in [2.45, 2.75) is 18.4 Å². The summed E-state index contributed by atoms with van der Waals surface area (Å²) in [4.78, 5) is 29.5. The number of amides is 3. The van der Waals surface area contributed by atoms with Gasteiger partial charge in [-0.2, -0.15) is 0 Å². The summed E-state index contributed by atoms with van der Waals surface area (Å²) in [6, 6.07) is 22.9. The van der Waals surface area contributed by atoms with Crippen molar-refractivity contribution in [1.29, 1.82) is 0 Å². The molecule has 1 unspecified atom stereocenters. The summed E-state index contributed by atoms with van der Waals surface area (Å²) >= 11 is 6.18. The van der Waals surface area contributed by atoms with E-state index in [0.29, 0.717) is 28.3 Å². The first-order valence-corrected chi connectivity index (χ1v) is 11.7. The van der Waals surface area contributed by atoms with E-state index < -0.39 is 11.4 Å². The normalized spacial score (nSPS) is 17.1. The molecule has 0 aliphatic carbocycles. The predicted molar refractivity (Wildman–Crippen MR) is 138 cm³/mol. The van der Waals surface area contributed by atoms with Crippen molar-refractivity contribution in [3.63, 3.8) is 0 Å². The molecule has 0 saturated carbocycles. The van der Waals surface area contributed by atoms with Crippen molar-refractivity contribution >= 4 is 34.8 Å². The Kier molecular flexibility index (Phi) is 7.22. The molecule has 0 saturated heterocycles. The number of carbonyl (C=O) groups excluding carboxylic acids is 2. The van der Waals surface area contributed by atoms with Crippen LogP contribution in [0.1, 0.15) is 24.0 Å². The molecule has 3 amide bonds. The molecule has 35 heavy (non-hydrogen) atoms. The van der Waals surface area contributed by atoms with Crippen LogP contribution >= 0.6 is 11.6 Å². The number of urea groups is 1. The Morgan fingerprint density at radius 1 is 1.03 bits per heavy atom. The third kappa shape index (κ3) is 5.23. The van der Waals surface area contributed by atoms with Gasteiger partial charge in [0.1, 0.15) is 5.82 Å². The summed E-state index contributed by atoms with van der Waals surface area (Å²) in [5.74, 6) is -0.580. The number of nitrogens with one attached hydrogen (secondary N) is 1. The quantitative estimate of drug-likeness (QED) is 0.448. The Balaban J connectivity index is 1.76. The summed E-state index contributed by atoms with van der Waals surface area (Å²) in [6.45, 7) is 0.184. The first-order chi connectivity index (χ1) is 16.8. The highest BCUT2D eigenvalue weighted by atomic mass is 35.5. The van der Waals surface area contributed by atoms with Crippen LogP contribution in [0.3, 0.4) is 0 Å². The van der Waals surface area contributed by atoms with Gasteiger partial charge in [-0.15, -0.1) is 0 Å². The van der Waals surface area contributed by atoms with Gasteiger partial charge in [0.2, 0.25) is 5.91 Å². The standard InChI is InChI=1S/C28H27ClFN3O2/c1-32(2)27(35)33-19-20(24-17-22(29)13-14-25(24)30)18-28(33,21-9-5-3-6-10-21)16-15-26(34)31-23-11-7-4-8-12-23/h3-14,17-18H,15-16,19H2,1-2H3,(H,31,34). The van der Waals surface area contributed by atoms with Gasteiger partial charge < -0.3 is 15.1 Å². The first-order valence-electron chi connectivity index (χ1n) is 11.4. The maximum absolute atomic E-state index is 14.8. The van der Waals surface area contributed by atoms with Crippen molar-refractivity contribution in [2.24, 2.45) is 0 Å². The average Bonchev–Trinajstić information content (AvgIpc) is 3.25. The van der Waals surface area contributed by atoms with Gasteiger partial charge in [0.15, 0.2) is 0 Å². The van der Waals surface area contributed by atoms with E-state index in [-0.39, 0.29) is 24.9 Å². The van der Waals surface area contributed by atoms with E-state index in [1.165, 1.54) is 17.0 Å². The van der Waals surface area contributed by atoms with E-state index in [0.717, 1.165) is 5.56 Å². The summed E-state index contributed by atoms with van der Waals surface area (Å²) < 4.78 is 14.8. The van der Waals surface area contributed by atoms with Crippen LogP contribution in [0.4, 0.5) is 14.9 Å². The van der Waals surface area contributed by atoms with Gasteiger partial charge in [-0.1, -0.05) is 60.1 Å². The Labute approximate surface area is 209 Å². The van der Waals surface area contributed by atoms with Gasteiger partial charge in [-0.05, 0) is 54.0 Å². The summed E-state index contributed by atoms with van der Waals surface area (Å²) in [7, 11) is 3.36. The van der Waals surface area contributed by atoms with Crippen LogP contribution in [0.25, 0.3) is 5.57 Å². The second kappa shape index (κ2) is 10.3. The minimum absolute atomic E-state index is 0.156. The lowest BCUT2D eigenvalue weighted by molar-refractivity contribution is -0.116. The molecule has 4 rings (SSSR count). The van der Waals surface area contributed by atoms with Crippen molar-refractivity contribution in [2.75, 3.05) is 26.0 Å². The predicted octanol–water partition coefficient (Wildman–Crippen LogP) is 6.17. The zero-order chi connectivity index (χ0) is 25.0. The highest BCUT2D eigenvalue weighted by molar-refractivity contribution is 6.30. The van der Waals surface area contributed by atoms with E-state index in [9.17, 15) is 14.0 Å². The minimum atomic E-state index is -0.944. The molecule has 7 heteroatoms. The van der Waals surface area contributed by atoms with Crippen molar-refractivity contribution in [1.82, 2.24) is 9.80 Å². The van der Waals surface area contributed by atoms with E-state index >= 15 is 0 Å². The Morgan fingerprint density at radius 3 is 2.34 bits per heavy atom. The fourth-order valence-corrected chi connectivity index (χ4v) is 4.65. The van der Waals surface area contributed by atoms with Crippen LogP contribution in [0.5, 0.6) is 0 Å². The Bertz CT molecular complexity index is 1250. The number of halogens is 2. The van der Waals surface area contributed by atoms with Crippen LogP contribution in [0.15, 0.2) is 84.9 Å². The molecule has 1 atom stereocenters. The van der Waals surface area contributed by atoms with E-state index in [2.05, 4.69) is 5.32 Å². The number of rotatable bonds is 6. The molecule has 0 radical (unpaired) electrons. The molecule has 3 aromatic rings. The lowest BCUT2D eigenvalue weighted by Crippen LogP contribution is -2.49. The van der Waals surface area contributed by atoms with Gasteiger partial charge in [0, 0.05) is 43.3 Å². The number of carbonyl (C=O) groups is 2. The fourth-order valence-electron chi connectivity index (χ4n) is 4.48. The number of para-hydroxylation sites is 1. The van der Waals surface area contributed by atoms with E-state index in [1.807, 2.05) is 66.7 Å². The molecule has 1 aliphatic heterocycles. The molecule has 1 heterocycles. The molecular formula is C28H27ClFN3O2. The zero-order valence-corrected chi connectivity index (χ0v) is 20.4. The van der Waals surface area contributed by atoms with Crippen LogP contribution < -0.4 is 5.32 Å². The molecule has 180 valence electrons. The van der Waals surface area contributed by atoms with Crippen LogP contribution in [0, 0.1) is 5.82 Å². The molecule has 3 aromatic carbocycles. The molecular weight excluding hydrogens is 465 g/mol. The highest BCUT2D eigenvalue weighted by Crippen LogP contribution is 2.44. The van der Waals surface area contributed by atoms with Crippen LogP contribution in [-0.2, 0) is 10.3 Å². The number of hydrogen-bond donors (Lipinski definition) is 1. The van der Waals surface area contributed by atoms with E-state index in [1.54, 1.807) is 25.1 Å². The Morgan fingerprint density at radius 2 is 1.69 bits per heavy atom. The lowest BCUT2D eigenvalue weighted by Gasteiger charge is -2.40. The smallest absolute Gasteiger partial charge is 0.320 e. The van der Waals surface area contributed by atoms with Gasteiger partial charge in [0.25, 0.3) is 0 Å². The number of hydrogen-bond acceptors (Lipinski definition) is 2. The van der Waals surface area contributed by atoms with Crippen LogP contribution in [-0.4, -0.2) is 42.4 Å². The van der Waals surface area contributed by atoms with Crippen LogP contribution in [0.2, 0.25) is 5.02 Å². The van der Waals surface area contributed by atoms with Gasteiger partial charge in [-0.3, -0.25) is 4.79 Å². The Hall–Kier alpha value is -3.64. The number of nitrogens with zero attached hydrogens (tertiary/aromatic N) is 2. The average molecular weight is 492 g/mol. The molecule has 0 aromatic heterocycles. The molecule has 0 fully saturated rings. The monoisotopic (exact) mass is 491 g/mol. The summed E-state index contributed by atoms with van der Waals surface area (Å²) in [5, 5.41) is 3.32. The maximum atomic E-state index is 14.8. The fraction of sp³-hybridized carbons (Fsp3) is 0.214. The first kappa shape index (κ1) is 24.5. The van der Waals surface area contributed by atoms with E-state index in [4.69, 9.17) is 11.6 Å². The van der Waals surface area contributed by atoms with Crippen molar-refractivity contribution in [3.05, 3.63) is 107 Å². The third-order valence-corrected chi connectivity index (χ3v) is 6.41. The molecule has 0 bridgehead atoms. The second-order valence-electron chi connectivity index (χ2n) is 8.76. The minimum Gasteiger partial charge on any atom is -0.331 e. The largest absolute Gasteiger partial charge is 0.331 e. The molecule has 1 N–H and O–H groups in total. The second-order valence-corrected chi connectivity index (χ2v) is 9.20. The summed E-state index contributed by atoms with van der Waals surface area (Å²) in [5.41, 5.74) is 1.60. The van der Waals surface area contributed by atoms with Gasteiger partial charge in [0.05, 0.1) is 5.54 Å². The SMILES string of the molecule is CN(C)C(=O)N1CC(c2cc(Cl)ccc2F)=CC1(CCC(=O)Nc1ccccc1)c1ccccc1. The third-order valence-electron chi connectivity index (χ3n) is 6.18. The zero-order valence-electron chi connectivity index (χ0n) is 19.7. The molecule has 5 nitrogen and oxygen atoms in total. The van der Waals surface area contributed by atoms with Gasteiger partial charge in [-0.25, -0.2) is 9.18 Å². The van der Waals surface area contributed by atoms with Crippen molar-refractivity contribution < 1.29 is 14.0 Å². The topological polar surface area (TPSA) is 52.7 Å². The molecule has 1 aliphatic rings. The van der Waals surface area contributed by atoms with Gasteiger partial charge >= 0.3 is 6.03 Å². The summed E-state index contributed by atoms with van der Waals surface area (Å²) in [6.07, 6.45) is 2.39. The van der Waals surface area contributed by atoms with Crippen molar-refractivity contribution in [3.8, 4) is 0 Å². The number of anilines is 1. The number of benzene rings is 3.